The maximum Gasteiger partial charge on any atom is 0.253 e. The Bertz CT molecular complexity index is 410. The summed E-state index contributed by atoms with van der Waals surface area (Å²) in [6.45, 7) is 3.85. The fourth-order valence-electron chi connectivity index (χ4n) is 1.43. The highest BCUT2D eigenvalue weighted by Crippen LogP contribution is 2.34. The molecule has 4 nitrogen and oxygen atoms in total. The van der Waals surface area contributed by atoms with Crippen molar-refractivity contribution in [2.75, 3.05) is 5.73 Å². The van der Waals surface area contributed by atoms with E-state index >= 15 is 0 Å². The van der Waals surface area contributed by atoms with Gasteiger partial charge in [0.15, 0.2) is 0 Å². The van der Waals surface area contributed by atoms with Crippen molar-refractivity contribution in [3.63, 3.8) is 0 Å². The maximum absolute atomic E-state index is 11.9. The zero-order valence-electron chi connectivity index (χ0n) is 9.00. The molecule has 3 N–H and O–H groups in total. The van der Waals surface area contributed by atoms with Crippen LogP contribution in [0.15, 0.2) is 12.3 Å². The van der Waals surface area contributed by atoms with Crippen molar-refractivity contribution >= 4 is 11.6 Å². The second-order valence-electron chi connectivity index (χ2n) is 4.42. The zero-order valence-corrected chi connectivity index (χ0v) is 9.00. The molecule has 0 spiro atoms. The fourth-order valence-corrected chi connectivity index (χ4v) is 1.43. The second kappa shape index (κ2) is 3.22. The van der Waals surface area contributed by atoms with E-state index in [9.17, 15) is 4.79 Å². The maximum atomic E-state index is 11.9. The number of anilines is 1. The van der Waals surface area contributed by atoms with Crippen molar-refractivity contribution < 1.29 is 4.79 Å². The molecule has 1 aromatic rings. The number of rotatable bonds is 2. The molecule has 1 aromatic heterocycles. The minimum absolute atomic E-state index is 0.00583. The van der Waals surface area contributed by atoms with Crippen LogP contribution in [0.5, 0.6) is 0 Å². The Balaban J connectivity index is 2.21. The topological polar surface area (TPSA) is 68.0 Å². The van der Waals surface area contributed by atoms with Gasteiger partial charge in [0.05, 0.1) is 23.1 Å². The molecule has 1 heterocycles. The molecule has 2 rings (SSSR count). The van der Waals surface area contributed by atoms with E-state index in [1.54, 1.807) is 12.3 Å². The first-order valence-electron chi connectivity index (χ1n) is 5.05. The van der Waals surface area contributed by atoms with Crippen LogP contribution in [0.4, 0.5) is 5.69 Å². The van der Waals surface area contributed by atoms with Crippen molar-refractivity contribution in [3.05, 3.63) is 23.5 Å². The first-order valence-corrected chi connectivity index (χ1v) is 5.05. The van der Waals surface area contributed by atoms with Crippen LogP contribution in [-0.4, -0.2) is 16.4 Å². The normalized spacial score (nSPS) is 17.2. The number of nitrogens with two attached hydrogens (primary N) is 1. The molecule has 1 saturated carbocycles. The first-order chi connectivity index (χ1) is 7.00. The molecule has 1 fully saturated rings. The van der Waals surface area contributed by atoms with E-state index in [1.807, 2.05) is 13.8 Å². The summed E-state index contributed by atoms with van der Waals surface area (Å²) < 4.78 is 0. The number of aryl methyl sites for hydroxylation is 1. The number of nitrogens with zero attached hydrogens (tertiary/aromatic N) is 1. The average Bonchev–Trinajstić information content (AvgIpc) is 2.87. The second-order valence-corrected chi connectivity index (χ2v) is 4.42. The Morgan fingerprint density at radius 3 is 2.87 bits per heavy atom. The number of amides is 1. The Morgan fingerprint density at radius 2 is 2.27 bits per heavy atom. The number of pyridine rings is 1. The van der Waals surface area contributed by atoms with E-state index < -0.39 is 0 Å². The summed E-state index contributed by atoms with van der Waals surface area (Å²) in [6, 6.07) is 1.67. The van der Waals surface area contributed by atoms with Crippen molar-refractivity contribution in [2.24, 2.45) is 0 Å². The molecule has 0 atom stereocenters. The molecule has 1 aliphatic carbocycles. The van der Waals surface area contributed by atoms with Gasteiger partial charge >= 0.3 is 0 Å². The van der Waals surface area contributed by atoms with Crippen LogP contribution in [0.1, 0.15) is 35.8 Å². The Kier molecular flexibility index (Phi) is 2.14. The molecule has 80 valence electrons. The highest BCUT2D eigenvalue weighted by molar-refractivity contribution is 5.96. The van der Waals surface area contributed by atoms with E-state index in [4.69, 9.17) is 5.73 Å². The summed E-state index contributed by atoms with van der Waals surface area (Å²) in [6.07, 6.45) is 3.66. The third kappa shape index (κ3) is 2.09. The lowest BCUT2D eigenvalue weighted by Gasteiger charge is -2.12. The summed E-state index contributed by atoms with van der Waals surface area (Å²) in [7, 11) is 0. The van der Waals surface area contributed by atoms with E-state index in [-0.39, 0.29) is 11.4 Å². The Labute approximate surface area is 88.9 Å². The SMILES string of the molecule is Cc1ncc(N)cc1C(=O)NC1(C)CC1. The lowest BCUT2D eigenvalue weighted by molar-refractivity contribution is 0.0934. The minimum atomic E-state index is -0.0766. The molecule has 0 unspecified atom stereocenters. The zero-order chi connectivity index (χ0) is 11.1. The molecule has 0 bridgehead atoms. The van der Waals surface area contributed by atoms with Gasteiger partial charge in [-0.05, 0) is 32.8 Å². The molecule has 0 radical (unpaired) electrons. The van der Waals surface area contributed by atoms with Crippen LogP contribution < -0.4 is 11.1 Å². The van der Waals surface area contributed by atoms with Crippen molar-refractivity contribution in [1.82, 2.24) is 10.3 Å². The van der Waals surface area contributed by atoms with Gasteiger partial charge in [0.1, 0.15) is 0 Å². The van der Waals surface area contributed by atoms with Gasteiger partial charge in [-0.1, -0.05) is 0 Å². The van der Waals surface area contributed by atoms with Gasteiger partial charge in [-0.3, -0.25) is 9.78 Å². The number of hydrogen-bond donors (Lipinski definition) is 2. The summed E-state index contributed by atoms with van der Waals surface area (Å²) >= 11 is 0. The average molecular weight is 205 g/mol. The molecule has 1 aliphatic rings. The fraction of sp³-hybridized carbons (Fsp3) is 0.455. The number of carbonyl (C=O) groups excluding carboxylic acids is 1. The van der Waals surface area contributed by atoms with Crippen molar-refractivity contribution in [1.29, 1.82) is 0 Å². The van der Waals surface area contributed by atoms with Gasteiger partial charge in [-0.2, -0.15) is 0 Å². The van der Waals surface area contributed by atoms with Gasteiger partial charge in [-0.25, -0.2) is 0 Å². The molecule has 4 heteroatoms. The number of carbonyl (C=O) groups is 1. The number of hydrogen-bond acceptors (Lipinski definition) is 3. The van der Waals surface area contributed by atoms with Crippen LogP contribution in [0.25, 0.3) is 0 Å². The third-order valence-electron chi connectivity index (χ3n) is 2.77. The van der Waals surface area contributed by atoms with Crippen LogP contribution >= 0.6 is 0 Å². The number of aromatic nitrogens is 1. The number of nitrogen functional groups attached to an aromatic ring is 1. The summed E-state index contributed by atoms with van der Waals surface area (Å²) in [5.74, 6) is -0.0766. The van der Waals surface area contributed by atoms with E-state index in [1.165, 1.54) is 0 Å². The van der Waals surface area contributed by atoms with E-state index in [0.717, 1.165) is 12.8 Å². The van der Waals surface area contributed by atoms with Crippen LogP contribution in [-0.2, 0) is 0 Å². The Morgan fingerprint density at radius 1 is 1.60 bits per heavy atom. The van der Waals surface area contributed by atoms with Gasteiger partial charge in [-0.15, -0.1) is 0 Å². The summed E-state index contributed by atoms with van der Waals surface area (Å²) in [4.78, 5) is 15.9. The summed E-state index contributed by atoms with van der Waals surface area (Å²) in [5, 5.41) is 2.98. The van der Waals surface area contributed by atoms with E-state index in [0.29, 0.717) is 16.9 Å². The van der Waals surface area contributed by atoms with Crippen molar-refractivity contribution in [3.8, 4) is 0 Å². The minimum Gasteiger partial charge on any atom is -0.397 e. The van der Waals surface area contributed by atoms with Gasteiger partial charge in [0, 0.05) is 5.54 Å². The van der Waals surface area contributed by atoms with Crippen LogP contribution in [0.3, 0.4) is 0 Å². The molecule has 0 saturated heterocycles. The van der Waals surface area contributed by atoms with Crippen molar-refractivity contribution in [2.45, 2.75) is 32.2 Å². The number of nitrogens with one attached hydrogen (secondary N) is 1. The predicted octanol–water partition coefficient (Wildman–Crippen LogP) is 1.25. The van der Waals surface area contributed by atoms with Gasteiger partial charge < -0.3 is 11.1 Å². The highest BCUT2D eigenvalue weighted by atomic mass is 16.1. The van der Waals surface area contributed by atoms with Gasteiger partial charge in [0.25, 0.3) is 5.91 Å². The van der Waals surface area contributed by atoms with Gasteiger partial charge in [0.2, 0.25) is 0 Å². The predicted molar refractivity (Wildman–Crippen MR) is 58.5 cm³/mol. The summed E-state index contributed by atoms with van der Waals surface area (Å²) in [5.41, 5.74) is 7.40. The smallest absolute Gasteiger partial charge is 0.253 e. The standard InChI is InChI=1S/C11H15N3O/c1-7-9(5-8(12)6-13-7)10(15)14-11(2)3-4-11/h5-6H,3-4,12H2,1-2H3,(H,14,15). The quantitative estimate of drug-likeness (QED) is 0.763. The molecule has 15 heavy (non-hydrogen) atoms. The molecule has 1 amide bonds. The molecular formula is C11H15N3O. The first kappa shape index (κ1) is 9.96. The lowest BCUT2D eigenvalue weighted by Crippen LogP contribution is -2.34. The molecule has 0 aliphatic heterocycles. The lowest BCUT2D eigenvalue weighted by atomic mass is 10.1. The van der Waals surface area contributed by atoms with Crippen LogP contribution in [0.2, 0.25) is 0 Å². The monoisotopic (exact) mass is 205 g/mol. The molecule has 0 aromatic carbocycles. The largest absolute Gasteiger partial charge is 0.397 e. The third-order valence-corrected chi connectivity index (χ3v) is 2.77. The van der Waals surface area contributed by atoms with E-state index in [2.05, 4.69) is 10.3 Å². The van der Waals surface area contributed by atoms with Crippen LogP contribution in [0, 0.1) is 6.92 Å². The molecular weight excluding hydrogens is 190 g/mol. The Hall–Kier alpha value is -1.58. The highest BCUT2D eigenvalue weighted by Gasteiger charge is 2.39.